The van der Waals surface area contributed by atoms with Gasteiger partial charge in [-0.1, -0.05) is 27.5 Å². The van der Waals surface area contributed by atoms with Gasteiger partial charge in [-0.15, -0.1) is 0 Å². The topological polar surface area (TPSA) is 25.4 Å². The Bertz CT molecular complexity index is 442. The largest absolute Gasteiger partial charge is 0.368 e. The normalized spacial score (nSPS) is 23.2. The fourth-order valence-corrected chi connectivity index (χ4v) is 3.40. The van der Waals surface area contributed by atoms with E-state index in [1.54, 1.807) is 6.20 Å². The standard InChI is InChI=1S/C12H15Br2ClN2O/c1-12(2)7-17(6-9(4-13)18-12)11-10(14)3-8(15)5-16-11/h3,5,9H,4,6-7H2,1-2H3. The molecule has 100 valence electrons. The summed E-state index contributed by atoms with van der Waals surface area (Å²) in [6.45, 7) is 5.82. The van der Waals surface area contributed by atoms with E-state index < -0.39 is 0 Å². The molecule has 0 saturated carbocycles. The number of rotatable bonds is 2. The molecule has 1 aliphatic heterocycles. The van der Waals surface area contributed by atoms with Crippen LogP contribution in [0.2, 0.25) is 5.02 Å². The summed E-state index contributed by atoms with van der Waals surface area (Å²) in [7, 11) is 0. The lowest BCUT2D eigenvalue weighted by atomic mass is 10.1. The SMILES string of the molecule is CC1(C)CN(c2ncc(Cl)cc2Br)CC(CBr)O1. The van der Waals surface area contributed by atoms with Gasteiger partial charge in [-0.25, -0.2) is 4.98 Å². The van der Waals surface area contributed by atoms with Crippen molar-refractivity contribution in [3.05, 3.63) is 21.8 Å². The zero-order chi connectivity index (χ0) is 13.3. The zero-order valence-corrected chi connectivity index (χ0v) is 14.2. The van der Waals surface area contributed by atoms with Crippen molar-refractivity contribution in [2.75, 3.05) is 23.3 Å². The first-order valence-corrected chi connectivity index (χ1v) is 8.00. The van der Waals surface area contributed by atoms with Crippen molar-refractivity contribution in [2.24, 2.45) is 0 Å². The predicted molar refractivity (Wildman–Crippen MR) is 81.9 cm³/mol. The van der Waals surface area contributed by atoms with E-state index in [-0.39, 0.29) is 11.7 Å². The number of nitrogens with zero attached hydrogens (tertiary/aromatic N) is 2. The van der Waals surface area contributed by atoms with Crippen LogP contribution in [0.5, 0.6) is 0 Å². The number of morpholine rings is 1. The van der Waals surface area contributed by atoms with Gasteiger partial charge in [0.2, 0.25) is 0 Å². The molecule has 0 aliphatic carbocycles. The first-order valence-electron chi connectivity index (χ1n) is 5.71. The van der Waals surface area contributed by atoms with Crippen LogP contribution >= 0.6 is 43.5 Å². The summed E-state index contributed by atoms with van der Waals surface area (Å²) < 4.78 is 6.90. The van der Waals surface area contributed by atoms with Crippen molar-refractivity contribution in [2.45, 2.75) is 25.6 Å². The number of alkyl halides is 1. The molecule has 1 fully saturated rings. The smallest absolute Gasteiger partial charge is 0.143 e. The molecule has 0 aromatic carbocycles. The number of hydrogen-bond acceptors (Lipinski definition) is 3. The van der Waals surface area contributed by atoms with Gasteiger partial charge in [0.25, 0.3) is 0 Å². The van der Waals surface area contributed by atoms with Crippen molar-refractivity contribution in [1.82, 2.24) is 4.98 Å². The molecule has 2 heterocycles. The van der Waals surface area contributed by atoms with Crippen LogP contribution in [0.3, 0.4) is 0 Å². The Morgan fingerprint density at radius 2 is 2.33 bits per heavy atom. The van der Waals surface area contributed by atoms with Crippen LogP contribution in [0.15, 0.2) is 16.7 Å². The third-order valence-corrected chi connectivity index (χ3v) is 4.25. The van der Waals surface area contributed by atoms with Crippen LogP contribution in [0.4, 0.5) is 5.82 Å². The Morgan fingerprint density at radius 3 is 2.94 bits per heavy atom. The molecular formula is C12H15Br2ClN2O. The second-order valence-corrected chi connectivity index (χ2v) is 6.93. The van der Waals surface area contributed by atoms with E-state index in [1.807, 2.05) is 6.07 Å². The Balaban J connectivity index is 2.26. The van der Waals surface area contributed by atoms with Gasteiger partial charge in [-0.2, -0.15) is 0 Å². The number of ether oxygens (including phenoxy) is 1. The Kier molecular flexibility index (Phi) is 4.57. The molecule has 1 unspecified atom stereocenters. The summed E-state index contributed by atoms with van der Waals surface area (Å²) >= 11 is 12.9. The van der Waals surface area contributed by atoms with E-state index in [0.29, 0.717) is 5.02 Å². The van der Waals surface area contributed by atoms with E-state index in [0.717, 1.165) is 28.7 Å². The predicted octanol–water partition coefficient (Wildman–Crippen LogP) is 3.88. The van der Waals surface area contributed by atoms with E-state index in [2.05, 4.69) is 55.6 Å². The summed E-state index contributed by atoms with van der Waals surface area (Å²) in [5.74, 6) is 0.918. The minimum atomic E-state index is -0.183. The average molecular weight is 399 g/mol. The summed E-state index contributed by atoms with van der Waals surface area (Å²) in [5, 5.41) is 1.45. The van der Waals surface area contributed by atoms with Gasteiger partial charge in [0.1, 0.15) is 5.82 Å². The first kappa shape index (κ1) is 14.6. The van der Waals surface area contributed by atoms with E-state index >= 15 is 0 Å². The van der Waals surface area contributed by atoms with Crippen LogP contribution in [0.1, 0.15) is 13.8 Å². The van der Waals surface area contributed by atoms with Gasteiger partial charge in [0, 0.05) is 24.6 Å². The first-order chi connectivity index (χ1) is 8.41. The third kappa shape index (κ3) is 3.38. The fraction of sp³-hybridized carbons (Fsp3) is 0.583. The molecule has 3 nitrogen and oxygen atoms in total. The van der Waals surface area contributed by atoms with Crippen LogP contribution in [0.25, 0.3) is 0 Å². The molecule has 0 bridgehead atoms. The molecule has 1 aromatic rings. The summed E-state index contributed by atoms with van der Waals surface area (Å²) in [5.41, 5.74) is -0.183. The monoisotopic (exact) mass is 396 g/mol. The number of halogens is 3. The second-order valence-electron chi connectivity index (χ2n) is 4.99. The summed E-state index contributed by atoms with van der Waals surface area (Å²) in [4.78, 5) is 6.64. The molecule has 0 spiro atoms. The lowest BCUT2D eigenvalue weighted by Gasteiger charge is -2.43. The van der Waals surface area contributed by atoms with Gasteiger partial charge in [0.05, 0.1) is 21.2 Å². The molecule has 6 heteroatoms. The molecule has 1 atom stereocenters. The molecule has 1 aromatic heterocycles. The maximum atomic E-state index is 5.98. The fourth-order valence-electron chi connectivity index (χ4n) is 2.18. The van der Waals surface area contributed by atoms with Crippen LogP contribution in [-0.4, -0.2) is 35.1 Å². The van der Waals surface area contributed by atoms with Crippen LogP contribution < -0.4 is 4.90 Å². The minimum Gasteiger partial charge on any atom is -0.368 e. The molecule has 1 saturated heterocycles. The third-order valence-electron chi connectivity index (χ3n) is 2.74. The van der Waals surface area contributed by atoms with Gasteiger partial charge in [-0.3, -0.25) is 0 Å². The van der Waals surface area contributed by atoms with Crippen LogP contribution in [-0.2, 0) is 4.74 Å². The second kappa shape index (κ2) is 5.65. The molecule has 0 radical (unpaired) electrons. The van der Waals surface area contributed by atoms with Gasteiger partial charge in [-0.05, 0) is 35.8 Å². The van der Waals surface area contributed by atoms with Gasteiger partial charge in [0.15, 0.2) is 0 Å². The number of aromatic nitrogens is 1. The van der Waals surface area contributed by atoms with E-state index in [1.165, 1.54) is 0 Å². The summed E-state index contributed by atoms with van der Waals surface area (Å²) in [6, 6.07) is 1.87. The van der Waals surface area contributed by atoms with Crippen molar-refractivity contribution in [3.63, 3.8) is 0 Å². The van der Waals surface area contributed by atoms with Crippen LogP contribution in [0, 0.1) is 0 Å². The highest BCUT2D eigenvalue weighted by Gasteiger charge is 2.34. The maximum Gasteiger partial charge on any atom is 0.143 e. The Morgan fingerprint density at radius 1 is 1.61 bits per heavy atom. The summed E-state index contributed by atoms with van der Waals surface area (Å²) in [6.07, 6.45) is 1.84. The molecule has 1 aliphatic rings. The molecule has 2 rings (SSSR count). The van der Waals surface area contributed by atoms with Crippen molar-refractivity contribution in [1.29, 1.82) is 0 Å². The molecule has 18 heavy (non-hydrogen) atoms. The van der Waals surface area contributed by atoms with Gasteiger partial charge < -0.3 is 9.64 Å². The number of hydrogen-bond donors (Lipinski definition) is 0. The Labute approximate surface area is 129 Å². The number of anilines is 1. The zero-order valence-electron chi connectivity index (χ0n) is 10.3. The Hall–Kier alpha value is 0.160. The molecule has 0 N–H and O–H groups in total. The van der Waals surface area contributed by atoms with E-state index in [4.69, 9.17) is 16.3 Å². The highest BCUT2D eigenvalue weighted by molar-refractivity contribution is 9.10. The average Bonchev–Trinajstić information content (AvgIpc) is 2.26. The van der Waals surface area contributed by atoms with Crippen molar-refractivity contribution in [3.8, 4) is 0 Å². The van der Waals surface area contributed by atoms with E-state index in [9.17, 15) is 0 Å². The maximum absolute atomic E-state index is 5.98. The van der Waals surface area contributed by atoms with Crippen molar-refractivity contribution >= 4 is 49.3 Å². The van der Waals surface area contributed by atoms with Gasteiger partial charge >= 0.3 is 0 Å². The quantitative estimate of drug-likeness (QED) is 0.707. The minimum absolute atomic E-state index is 0.165. The number of pyridine rings is 1. The van der Waals surface area contributed by atoms with Crippen molar-refractivity contribution < 1.29 is 4.74 Å². The highest BCUT2D eigenvalue weighted by Crippen LogP contribution is 2.31. The highest BCUT2D eigenvalue weighted by atomic mass is 79.9. The lowest BCUT2D eigenvalue weighted by molar-refractivity contribution is -0.0726. The molecule has 0 amide bonds. The lowest BCUT2D eigenvalue weighted by Crippen LogP contribution is -2.53. The molecular weight excluding hydrogens is 383 g/mol.